The normalized spacial score (nSPS) is 27.6. The van der Waals surface area contributed by atoms with Gasteiger partial charge in [0.1, 0.15) is 16.5 Å². The van der Waals surface area contributed by atoms with E-state index in [1.54, 1.807) is 13.0 Å². The van der Waals surface area contributed by atoms with Crippen LogP contribution in [0.1, 0.15) is 31.7 Å². The van der Waals surface area contributed by atoms with Crippen LogP contribution in [0.2, 0.25) is 0 Å². The molecule has 1 aromatic carbocycles. The summed E-state index contributed by atoms with van der Waals surface area (Å²) in [4.78, 5) is 21.9. The van der Waals surface area contributed by atoms with E-state index in [9.17, 15) is 28.6 Å². The van der Waals surface area contributed by atoms with Gasteiger partial charge in [-0.3, -0.25) is 10.1 Å². The highest BCUT2D eigenvalue weighted by molar-refractivity contribution is 7.89. The first-order chi connectivity index (χ1) is 13.2. The predicted octanol–water partition coefficient (Wildman–Crippen LogP) is 1.34. The van der Waals surface area contributed by atoms with Crippen LogP contribution in [-0.2, 0) is 24.3 Å². The Labute approximate surface area is 161 Å². The lowest BCUT2D eigenvalue weighted by Gasteiger charge is -2.40. The van der Waals surface area contributed by atoms with Crippen molar-refractivity contribution in [2.45, 2.75) is 55.4 Å². The van der Waals surface area contributed by atoms with Crippen LogP contribution < -0.4 is 0 Å². The first-order valence-electron chi connectivity index (χ1n) is 8.66. The van der Waals surface area contributed by atoms with Gasteiger partial charge in [0.15, 0.2) is 6.10 Å². The van der Waals surface area contributed by atoms with E-state index < -0.39 is 61.4 Å². The topological polar surface area (TPSA) is 140 Å². The average molecular weight is 409 g/mol. The number of ether oxygens (including phenoxy) is 2. The Morgan fingerprint density at radius 3 is 2.75 bits per heavy atom. The van der Waals surface area contributed by atoms with Gasteiger partial charge in [-0.25, -0.2) is 13.2 Å². The van der Waals surface area contributed by atoms with Crippen LogP contribution in [0.15, 0.2) is 23.1 Å². The van der Waals surface area contributed by atoms with Crippen molar-refractivity contribution in [3.8, 4) is 6.07 Å². The molecule has 0 aromatic heterocycles. The van der Waals surface area contributed by atoms with E-state index in [2.05, 4.69) is 0 Å². The molecule has 2 aliphatic heterocycles. The van der Waals surface area contributed by atoms with Gasteiger partial charge in [-0.2, -0.15) is 9.57 Å². The lowest BCUT2D eigenvalue weighted by molar-refractivity contribution is -0.385. The molecule has 0 amide bonds. The molecule has 0 unspecified atom stereocenters. The van der Waals surface area contributed by atoms with Gasteiger partial charge in [0, 0.05) is 18.5 Å². The quantitative estimate of drug-likeness (QED) is 0.412. The standard InChI is InChI=1S/C17H19N3O7S/c1-10-6-7-14-13(8-15(27-14)17(21)26-2)19(10)28(24,25)16-5-3-4-12(20(22)23)11(16)9-18/h3-5,10,13-15H,6-8H2,1-2H3/t10-,13+,14-,15-/m0/s1. The molecule has 0 spiro atoms. The van der Waals surface area contributed by atoms with Gasteiger partial charge in [-0.15, -0.1) is 0 Å². The number of fused-ring (bicyclic) bond motifs is 1. The highest BCUT2D eigenvalue weighted by Gasteiger charge is 2.51. The molecular weight excluding hydrogens is 390 g/mol. The summed E-state index contributed by atoms with van der Waals surface area (Å²) < 4.78 is 38.5. The van der Waals surface area contributed by atoms with Gasteiger partial charge in [-0.1, -0.05) is 6.07 Å². The summed E-state index contributed by atoms with van der Waals surface area (Å²) in [7, 11) is -3.02. The number of sulfonamides is 1. The minimum absolute atomic E-state index is 0.123. The van der Waals surface area contributed by atoms with E-state index in [1.165, 1.54) is 23.5 Å². The molecule has 0 radical (unpaired) electrons. The van der Waals surface area contributed by atoms with Crippen molar-refractivity contribution in [1.29, 1.82) is 5.26 Å². The van der Waals surface area contributed by atoms with E-state index in [-0.39, 0.29) is 6.42 Å². The van der Waals surface area contributed by atoms with Gasteiger partial charge in [0.2, 0.25) is 10.0 Å². The number of hydrogen-bond donors (Lipinski definition) is 0. The first-order valence-corrected chi connectivity index (χ1v) is 10.1. The highest BCUT2D eigenvalue weighted by Crippen LogP contribution is 2.40. The molecule has 28 heavy (non-hydrogen) atoms. The molecule has 150 valence electrons. The van der Waals surface area contributed by atoms with Gasteiger partial charge < -0.3 is 9.47 Å². The fourth-order valence-corrected chi connectivity index (χ4v) is 5.97. The zero-order chi connectivity index (χ0) is 20.6. The van der Waals surface area contributed by atoms with E-state index in [0.717, 1.165) is 6.07 Å². The van der Waals surface area contributed by atoms with Crippen molar-refractivity contribution >= 4 is 21.7 Å². The number of piperidine rings is 1. The van der Waals surface area contributed by atoms with E-state index in [4.69, 9.17) is 9.47 Å². The molecule has 10 nitrogen and oxygen atoms in total. The number of hydrogen-bond acceptors (Lipinski definition) is 8. The number of carbonyl (C=O) groups is 1. The number of esters is 1. The van der Waals surface area contributed by atoms with Crippen molar-refractivity contribution < 1.29 is 27.6 Å². The summed E-state index contributed by atoms with van der Waals surface area (Å²) in [5.74, 6) is -0.576. The minimum Gasteiger partial charge on any atom is -0.467 e. The molecule has 11 heteroatoms. The van der Waals surface area contributed by atoms with Gasteiger partial charge in [0.25, 0.3) is 5.69 Å². The van der Waals surface area contributed by atoms with E-state index >= 15 is 0 Å². The van der Waals surface area contributed by atoms with Crippen LogP contribution in [0, 0.1) is 21.4 Å². The molecular formula is C17H19N3O7S. The molecule has 0 aliphatic carbocycles. The first kappa shape index (κ1) is 20.2. The molecule has 2 heterocycles. The lowest BCUT2D eigenvalue weighted by atomic mass is 9.95. The van der Waals surface area contributed by atoms with Crippen LogP contribution in [0.25, 0.3) is 0 Å². The Hall–Kier alpha value is -2.55. The summed E-state index contributed by atoms with van der Waals surface area (Å²) in [6, 6.07) is 4.12. The van der Waals surface area contributed by atoms with Crippen molar-refractivity contribution in [2.24, 2.45) is 0 Å². The zero-order valence-electron chi connectivity index (χ0n) is 15.3. The largest absolute Gasteiger partial charge is 0.467 e. The zero-order valence-corrected chi connectivity index (χ0v) is 16.1. The van der Waals surface area contributed by atoms with Gasteiger partial charge in [-0.05, 0) is 25.8 Å². The summed E-state index contributed by atoms with van der Waals surface area (Å²) >= 11 is 0. The third-order valence-electron chi connectivity index (χ3n) is 5.19. The van der Waals surface area contributed by atoms with Crippen molar-refractivity contribution in [3.63, 3.8) is 0 Å². The van der Waals surface area contributed by atoms with Crippen LogP contribution in [0.3, 0.4) is 0 Å². The number of carbonyl (C=O) groups excluding carboxylic acids is 1. The summed E-state index contributed by atoms with van der Waals surface area (Å²) in [6.45, 7) is 1.72. The minimum atomic E-state index is -4.25. The smallest absolute Gasteiger partial charge is 0.335 e. The molecule has 2 aliphatic rings. The third-order valence-corrected chi connectivity index (χ3v) is 7.27. The number of nitro benzene ring substituents is 1. The number of nitrogens with zero attached hydrogens (tertiary/aromatic N) is 3. The Morgan fingerprint density at radius 2 is 2.14 bits per heavy atom. The molecule has 3 rings (SSSR count). The Bertz CT molecular complexity index is 956. The number of nitriles is 1. The Balaban J connectivity index is 2.06. The molecule has 1 aromatic rings. The van der Waals surface area contributed by atoms with Crippen LogP contribution in [-0.4, -0.2) is 55.0 Å². The summed E-state index contributed by atoms with van der Waals surface area (Å²) in [5.41, 5.74) is -1.08. The maximum atomic E-state index is 13.4. The number of rotatable bonds is 4. The monoisotopic (exact) mass is 409 g/mol. The SMILES string of the molecule is COC(=O)[C@@H]1C[C@@H]2[C@H](CC[C@H](C)N2S(=O)(=O)c2cccc([N+](=O)[O-])c2C#N)O1. The van der Waals surface area contributed by atoms with Crippen molar-refractivity contribution in [2.75, 3.05) is 7.11 Å². The molecule has 0 bridgehead atoms. The highest BCUT2D eigenvalue weighted by atomic mass is 32.2. The van der Waals surface area contributed by atoms with Crippen molar-refractivity contribution in [1.82, 2.24) is 4.31 Å². The fourth-order valence-electron chi connectivity index (χ4n) is 3.93. The predicted molar refractivity (Wildman–Crippen MR) is 94.6 cm³/mol. The van der Waals surface area contributed by atoms with Crippen LogP contribution in [0.4, 0.5) is 5.69 Å². The van der Waals surface area contributed by atoms with Crippen LogP contribution >= 0.6 is 0 Å². The number of nitro groups is 1. The molecule has 0 N–H and O–H groups in total. The molecule has 4 atom stereocenters. The third kappa shape index (κ3) is 3.23. The molecule has 0 saturated carbocycles. The Kier molecular flexibility index (Phi) is 5.38. The number of methoxy groups -OCH3 is 1. The number of benzene rings is 1. The van der Waals surface area contributed by atoms with E-state index in [0.29, 0.717) is 12.8 Å². The summed E-state index contributed by atoms with van der Waals surface area (Å²) in [5, 5.41) is 20.6. The van der Waals surface area contributed by atoms with E-state index in [1.807, 2.05) is 0 Å². The van der Waals surface area contributed by atoms with Gasteiger partial charge >= 0.3 is 5.97 Å². The fraction of sp³-hybridized carbons (Fsp3) is 0.529. The Morgan fingerprint density at radius 1 is 1.43 bits per heavy atom. The maximum absolute atomic E-state index is 13.4. The second kappa shape index (κ2) is 7.46. The average Bonchev–Trinajstić information content (AvgIpc) is 3.10. The lowest BCUT2D eigenvalue weighted by Crippen LogP contribution is -2.53. The molecule has 2 saturated heterocycles. The van der Waals surface area contributed by atoms with Crippen LogP contribution in [0.5, 0.6) is 0 Å². The maximum Gasteiger partial charge on any atom is 0.335 e. The second-order valence-electron chi connectivity index (χ2n) is 6.77. The van der Waals surface area contributed by atoms with Crippen molar-refractivity contribution in [3.05, 3.63) is 33.9 Å². The second-order valence-corrected chi connectivity index (χ2v) is 8.58. The molecule has 2 fully saturated rings. The summed E-state index contributed by atoms with van der Waals surface area (Å²) in [6.07, 6.45) is -0.170. The van der Waals surface area contributed by atoms with Gasteiger partial charge in [0.05, 0.1) is 24.2 Å².